The standard InChI is InChI=1S/C13H17ClFNO3S/c1-8(2)9(3)7-16-13(17)10-4-11(15)6-12(5-10)20(14,18)19/h4-6,8-9H,7H2,1-3H3,(H,16,17). The Kier molecular flexibility index (Phi) is 5.53. The summed E-state index contributed by atoms with van der Waals surface area (Å²) in [5, 5.41) is 2.64. The van der Waals surface area contributed by atoms with Crippen LogP contribution in [0, 0.1) is 17.7 Å². The van der Waals surface area contributed by atoms with Crippen LogP contribution >= 0.6 is 10.7 Å². The third-order valence-corrected chi connectivity index (χ3v) is 4.47. The summed E-state index contributed by atoms with van der Waals surface area (Å²) in [5.41, 5.74) is -0.0693. The number of hydrogen-bond donors (Lipinski definition) is 1. The molecule has 1 aromatic rings. The van der Waals surface area contributed by atoms with Crippen molar-refractivity contribution in [3.63, 3.8) is 0 Å². The molecule has 0 aromatic heterocycles. The normalized spacial score (nSPS) is 13.3. The lowest BCUT2D eigenvalue weighted by atomic mass is 9.98. The van der Waals surface area contributed by atoms with Crippen LogP contribution in [-0.2, 0) is 9.05 Å². The average Bonchev–Trinajstić information content (AvgIpc) is 2.33. The number of hydrogen-bond acceptors (Lipinski definition) is 3. The van der Waals surface area contributed by atoms with Gasteiger partial charge in [-0.1, -0.05) is 20.8 Å². The Hall–Kier alpha value is -1.14. The van der Waals surface area contributed by atoms with Gasteiger partial charge in [0, 0.05) is 22.8 Å². The molecule has 1 unspecified atom stereocenters. The van der Waals surface area contributed by atoms with E-state index in [1.165, 1.54) is 0 Å². The van der Waals surface area contributed by atoms with Gasteiger partial charge in [-0.25, -0.2) is 12.8 Å². The molecule has 4 nitrogen and oxygen atoms in total. The molecule has 1 atom stereocenters. The van der Waals surface area contributed by atoms with E-state index in [2.05, 4.69) is 5.32 Å². The fourth-order valence-electron chi connectivity index (χ4n) is 1.43. The predicted octanol–water partition coefficient (Wildman–Crippen LogP) is 2.78. The Balaban J connectivity index is 2.92. The Morgan fingerprint density at radius 3 is 2.40 bits per heavy atom. The average molecular weight is 322 g/mol. The van der Waals surface area contributed by atoms with Crippen LogP contribution < -0.4 is 5.32 Å². The molecule has 0 saturated heterocycles. The number of nitrogens with one attached hydrogen (secondary N) is 1. The summed E-state index contributed by atoms with van der Waals surface area (Å²) >= 11 is 0. The van der Waals surface area contributed by atoms with Crippen LogP contribution in [0.15, 0.2) is 23.1 Å². The summed E-state index contributed by atoms with van der Waals surface area (Å²) < 4.78 is 35.7. The summed E-state index contributed by atoms with van der Waals surface area (Å²) in [5.74, 6) is -0.710. The number of benzene rings is 1. The Bertz CT molecular complexity index is 602. The maximum absolute atomic E-state index is 13.3. The topological polar surface area (TPSA) is 63.2 Å². The largest absolute Gasteiger partial charge is 0.352 e. The molecule has 0 bridgehead atoms. The molecule has 0 aliphatic heterocycles. The van der Waals surface area contributed by atoms with E-state index in [4.69, 9.17) is 10.7 Å². The first kappa shape index (κ1) is 16.9. The highest BCUT2D eigenvalue weighted by Crippen LogP contribution is 2.18. The third-order valence-electron chi connectivity index (χ3n) is 3.14. The van der Waals surface area contributed by atoms with Gasteiger partial charge in [0.25, 0.3) is 15.0 Å². The lowest BCUT2D eigenvalue weighted by molar-refractivity contribution is 0.0944. The zero-order valence-electron chi connectivity index (χ0n) is 11.5. The lowest BCUT2D eigenvalue weighted by Gasteiger charge is -2.16. The molecule has 20 heavy (non-hydrogen) atoms. The van der Waals surface area contributed by atoms with Crippen molar-refractivity contribution in [3.05, 3.63) is 29.6 Å². The second-order valence-corrected chi connectivity index (χ2v) is 7.61. The first-order valence-corrected chi connectivity index (χ1v) is 8.45. The summed E-state index contributed by atoms with van der Waals surface area (Å²) in [7, 11) is 1.08. The van der Waals surface area contributed by atoms with E-state index < -0.39 is 25.7 Å². The highest BCUT2D eigenvalue weighted by Gasteiger charge is 2.17. The maximum atomic E-state index is 13.3. The minimum Gasteiger partial charge on any atom is -0.352 e. The molecule has 0 aliphatic rings. The van der Waals surface area contributed by atoms with E-state index in [1.807, 2.05) is 20.8 Å². The second kappa shape index (κ2) is 6.54. The van der Waals surface area contributed by atoms with Gasteiger partial charge >= 0.3 is 0 Å². The first-order valence-electron chi connectivity index (χ1n) is 6.14. The number of carbonyl (C=O) groups excluding carboxylic acids is 1. The van der Waals surface area contributed by atoms with Crippen molar-refractivity contribution in [3.8, 4) is 0 Å². The predicted molar refractivity (Wildman–Crippen MR) is 75.8 cm³/mol. The van der Waals surface area contributed by atoms with Crippen LogP contribution in [0.25, 0.3) is 0 Å². The van der Waals surface area contributed by atoms with Crippen molar-refractivity contribution >= 4 is 25.6 Å². The molecule has 0 saturated carbocycles. The molecule has 0 radical (unpaired) electrons. The summed E-state index contributed by atoms with van der Waals surface area (Å²) in [6, 6.07) is 2.80. The molecule has 1 N–H and O–H groups in total. The zero-order chi connectivity index (χ0) is 15.5. The third kappa shape index (κ3) is 4.76. The summed E-state index contributed by atoms with van der Waals surface area (Å²) in [4.78, 5) is 11.5. The first-order chi connectivity index (χ1) is 9.11. The highest BCUT2D eigenvalue weighted by molar-refractivity contribution is 8.13. The maximum Gasteiger partial charge on any atom is 0.261 e. The fraction of sp³-hybridized carbons (Fsp3) is 0.462. The van der Waals surface area contributed by atoms with Gasteiger partial charge in [-0.15, -0.1) is 0 Å². The number of halogens is 2. The Morgan fingerprint density at radius 1 is 1.30 bits per heavy atom. The SMILES string of the molecule is CC(C)C(C)CNC(=O)c1cc(F)cc(S(=O)(=O)Cl)c1. The fourth-order valence-corrected chi connectivity index (χ4v) is 2.21. The Labute approximate surface area is 122 Å². The van der Waals surface area contributed by atoms with Gasteiger partial charge in [0.1, 0.15) is 5.82 Å². The summed E-state index contributed by atoms with van der Waals surface area (Å²) in [6.45, 7) is 6.45. The van der Waals surface area contributed by atoms with Crippen LogP contribution in [-0.4, -0.2) is 20.9 Å². The van der Waals surface area contributed by atoms with Crippen molar-refractivity contribution in [2.24, 2.45) is 11.8 Å². The number of carbonyl (C=O) groups is 1. The molecule has 1 aromatic carbocycles. The van der Waals surface area contributed by atoms with Crippen LogP contribution in [0.2, 0.25) is 0 Å². The van der Waals surface area contributed by atoms with E-state index in [9.17, 15) is 17.6 Å². The van der Waals surface area contributed by atoms with Gasteiger partial charge in [-0.3, -0.25) is 4.79 Å². The van der Waals surface area contributed by atoms with Gasteiger partial charge in [-0.2, -0.15) is 0 Å². The number of amides is 1. The van der Waals surface area contributed by atoms with Gasteiger partial charge in [0.15, 0.2) is 0 Å². The van der Waals surface area contributed by atoms with E-state index >= 15 is 0 Å². The molecule has 0 heterocycles. The molecular weight excluding hydrogens is 305 g/mol. The smallest absolute Gasteiger partial charge is 0.261 e. The highest BCUT2D eigenvalue weighted by atomic mass is 35.7. The molecule has 1 amide bonds. The second-order valence-electron chi connectivity index (χ2n) is 5.04. The van der Waals surface area contributed by atoms with Crippen LogP contribution in [0.4, 0.5) is 4.39 Å². The minimum atomic E-state index is -4.07. The van der Waals surface area contributed by atoms with Gasteiger partial charge in [0.2, 0.25) is 0 Å². The van der Waals surface area contributed by atoms with E-state index in [0.717, 1.165) is 18.2 Å². The quantitative estimate of drug-likeness (QED) is 0.848. The monoisotopic (exact) mass is 321 g/mol. The van der Waals surface area contributed by atoms with Crippen molar-refractivity contribution < 1.29 is 17.6 Å². The molecular formula is C13H17ClFNO3S. The molecule has 0 aliphatic carbocycles. The Morgan fingerprint density at radius 2 is 1.90 bits per heavy atom. The lowest BCUT2D eigenvalue weighted by Crippen LogP contribution is -2.30. The van der Waals surface area contributed by atoms with Crippen molar-refractivity contribution in [2.45, 2.75) is 25.7 Å². The zero-order valence-corrected chi connectivity index (χ0v) is 13.1. The molecule has 1 rings (SSSR count). The van der Waals surface area contributed by atoms with Crippen molar-refractivity contribution in [1.82, 2.24) is 5.32 Å². The van der Waals surface area contributed by atoms with Crippen molar-refractivity contribution in [1.29, 1.82) is 0 Å². The van der Waals surface area contributed by atoms with E-state index in [1.54, 1.807) is 0 Å². The van der Waals surface area contributed by atoms with Gasteiger partial charge in [0.05, 0.1) is 4.90 Å². The van der Waals surface area contributed by atoms with Crippen LogP contribution in [0.1, 0.15) is 31.1 Å². The molecule has 112 valence electrons. The van der Waals surface area contributed by atoms with Gasteiger partial charge < -0.3 is 5.32 Å². The van der Waals surface area contributed by atoms with Crippen LogP contribution in [0.3, 0.4) is 0 Å². The molecule has 0 fully saturated rings. The summed E-state index contributed by atoms with van der Waals surface area (Å²) in [6.07, 6.45) is 0. The minimum absolute atomic E-state index is 0.0693. The van der Waals surface area contributed by atoms with Gasteiger partial charge in [-0.05, 0) is 30.0 Å². The van der Waals surface area contributed by atoms with E-state index in [0.29, 0.717) is 12.5 Å². The molecule has 0 spiro atoms. The molecule has 7 heteroatoms. The van der Waals surface area contributed by atoms with Crippen LogP contribution in [0.5, 0.6) is 0 Å². The van der Waals surface area contributed by atoms with E-state index in [-0.39, 0.29) is 11.5 Å². The number of rotatable bonds is 5. The van der Waals surface area contributed by atoms with Crippen molar-refractivity contribution in [2.75, 3.05) is 6.54 Å².